The third-order valence-electron chi connectivity index (χ3n) is 6.59. The van der Waals surface area contributed by atoms with Gasteiger partial charge in [-0.2, -0.15) is 0 Å². The molecule has 1 unspecified atom stereocenters. The lowest BCUT2D eigenvalue weighted by Crippen LogP contribution is -2.41. The number of benzene rings is 1. The summed E-state index contributed by atoms with van der Waals surface area (Å²) in [4.78, 5) is 17.0. The quantitative estimate of drug-likeness (QED) is 0.530. The van der Waals surface area contributed by atoms with E-state index in [0.29, 0.717) is 24.2 Å². The summed E-state index contributed by atoms with van der Waals surface area (Å²) in [5.41, 5.74) is 5.11. The van der Waals surface area contributed by atoms with Crippen LogP contribution >= 0.6 is 0 Å². The molecule has 1 aliphatic carbocycles. The summed E-state index contributed by atoms with van der Waals surface area (Å²) in [6, 6.07) is 12.8. The van der Waals surface area contributed by atoms with Crippen LogP contribution < -0.4 is 10.6 Å². The smallest absolute Gasteiger partial charge is 0.271 e. The molecule has 1 fully saturated rings. The molecule has 32 heavy (non-hydrogen) atoms. The Kier molecular flexibility index (Phi) is 6.21. The van der Waals surface area contributed by atoms with Crippen molar-refractivity contribution in [2.45, 2.75) is 43.7 Å². The van der Waals surface area contributed by atoms with E-state index in [2.05, 4.69) is 52.1 Å². The average molecular weight is 435 g/mol. The fourth-order valence-electron chi connectivity index (χ4n) is 4.77. The van der Waals surface area contributed by atoms with E-state index in [1.165, 1.54) is 16.7 Å². The fraction of sp³-hybridized carbons (Fsp3) is 0.440. The number of amides is 1. The third-order valence-corrected chi connectivity index (χ3v) is 6.59. The van der Waals surface area contributed by atoms with Crippen LogP contribution in [0.25, 0.3) is 5.65 Å². The SMILES string of the molecule is O=C(NCC(O)CNC1Cc2ccccc2C1)c1cn2cc(C3CCOCC3)ccc2n1. The van der Waals surface area contributed by atoms with Crippen molar-refractivity contribution in [3.05, 3.63) is 71.2 Å². The van der Waals surface area contributed by atoms with E-state index in [1.54, 1.807) is 6.20 Å². The highest BCUT2D eigenvalue weighted by atomic mass is 16.5. The van der Waals surface area contributed by atoms with Gasteiger partial charge in [0.1, 0.15) is 11.3 Å². The van der Waals surface area contributed by atoms with Crippen LogP contribution in [-0.4, -0.2) is 58.8 Å². The number of aliphatic hydroxyl groups is 1. The first-order chi connectivity index (χ1) is 15.7. The van der Waals surface area contributed by atoms with Crippen molar-refractivity contribution >= 4 is 11.6 Å². The van der Waals surface area contributed by atoms with Crippen molar-refractivity contribution in [2.75, 3.05) is 26.3 Å². The first kappa shape index (κ1) is 21.1. The molecule has 3 aromatic rings. The molecule has 3 N–H and O–H groups in total. The Morgan fingerprint density at radius 2 is 1.84 bits per heavy atom. The average Bonchev–Trinajstić information content (AvgIpc) is 3.45. The molecule has 168 valence electrons. The zero-order chi connectivity index (χ0) is 21.9. The lowest BCUT2D eigenvalue weighted by atomic mass is 9.93. The minimum Gasteiger partial charge on any atom is -0.390 e. The van der Waals surface area contributed by atoms with Crippen LogP contribution in [0.1, 0.15) is 45.9 Å². The molecule has 1 amide bonds. The van der Waals surface area contributed by atoms with E-state index in [1.807, 2.05) is 10.5 Å². The summed E-state index contributed by atoms with van der Waals surface area (Å²) in [6.45, 7) is 2.22. The van der Waals surface area contributed by atoms with E-state index < -0.39 is 6.10 Å². The van der Waals surface area contributed by atoms with E-state index in [-0.39, 0.29) is 12.5 Å². The fourth-order valence-corrected chi connectivity index (χ4v) is 4.77. The lowest BCUT2D eigenvalue weighted by Gasteiger charge is -2.22. The molecule has 0 saturated carbocycles. The van der Waals surface area contributed by atoms with E-state index >= 15 is 0 Å². The van der Waals surface area contributed by atoms with Crippen LogP contribution in [0.5, 0.6) is 0 Å². The zero-order valence-electron chi connectivity index (χ0n) is 18.2. The van der Waals surface area contributed by atoms with Crippen LogP contribution in [0.2, 0.25) is 0 Å². The molecular formula is C25H30N4O3. The monoisotopic (exact) mass is 434 g/mol. The van der Waals surface area contributed by atoms with Gasteiger partial charge in [-0.1, -0.05) is 30.3 Å². The standard InChI is InChI=1S/C25H30N4O3/c30-22(13-26-21-11-18-3-1-2-4-19(18)12-21)14-27-25(31)23-16-29-15-20(5-6-24(29)28-23)17-7-9-32-10-8-17/h1-6,15-17,21-22,26,30H,7-14H2,(H,27,31). The second-order valence-electron chi connectivity index (χ2n) is 8.89. The summed E-state index contributed by atoms with van der Waals surface area (Å²) in [5, 5.41) is 16.6. The van der Waals surface area contributed by atoms with Gasteiger partial charge in [-0.3, -0.25) is 4.79 Å². The number of nitrogens with one attached hydrogen (secondary N) is 2. The molecule has 0 radical (unpaired) electrons. The van der Waals surface area contributed by atoms with Gasteiger partial charge in [-0.15, -0.1) is 0 Å². The Morgan fingerprint density at radius 1 is 1.09 bits per heavy atom. The van der Waals surface area contributed by atoms with Crippen LogP contribution in [0.3, 0.4) is 0 Å². The number of pyridine rings is 1. The Hall–Kier alpha value is -2.74. The highest BCUT2D eigenvalue weighted by Gasteiger charge is 2.22. The summed E-state index contributed by atoms with van der Waals surface area (Å²) < 4.78 is 7.37. The minimum absolute atomic E-state index is 0.187. The number of imidazole rings is 1. The van der Waals surface area contributed by atoms with E-state index in [9.17, 15) is 9.90 Å². The van der Waals surface area contributed by atoms with Gasteiger partial charge in [0.05, 0.1) is 6.10 Å². The Morgan fingerprint density at radius 3 is 2.59 bits per heavy atom. The molecule has 5 rings (SSSR count). The van der Waals surface area contributed by atoms with Gasteiger partial charge in [0.15, 0.2) is 0 Å². The number of nitrogens with zero attached hydrogens (tertiary/aromatic N) is 2. The van der Waals surface area contributed by atoms with Crippen LogP contribution in [0, 0.1) is 0 Å². The van der Waals surface area contributed by atoms with Crippen LogP contribution in [0.4, 0.5) is 0 Å². The summed E-state index contributed by atoms with van der Waals surface area (Å²) in [7, 11) is 0. The maximum atomic E-state index is 12.6. The molecule has 7 heteroatoms. The number of fused-ring (bicyclic) bond motifs is 2. The molecule has 0 bridgehead atoms. The molecule has 3 heterocycles. The number of ether oxygens (including phenoxy) is 1. The van der Waals surface area contributed by atoms with E-state index in [0.717, 1.165) is 44.5 Å². The molecule has 7 nitrogen and oxygen atoms in total. The normalized spacial score (nSPS) is 18.0. The molecule has 0 spiro atoms. The van der Waals surface area contributed by atoms with Gasteiger partial charge < -0.3 is 24.9 Å². The van der Waals surface area contributed by atoms with Crippen LogP contribution in [-0.2, 0) is 17.6 Å². The number of rotatable bonds is 7. The number of hydrogen-bond acceptors (Lipinski definition) is 5. The van der Waals surface area contributed by atoms with Crippen molar-refractivity contribution in [1.29, 1.82) is 0 Å². The second kappa shape index (κ2) is 9.40. The first-order valence-electron chi connectivity index (χ1n) is 11.5. The van der Waals surface area contributed by atoms with Gasteiger partial charge in [0, 0.05) is 44.7 Å². The summed E-state index contributed by atoms with van der Waals surface area (Å²) >= 11 is 0. The zero-order valence-corrected chi connectivity index (χ0v) is 18.2. The van der Waals surface area contributed by atoms with Crippen LogP contribution in [0.15, 0.2) is 48.8 Å². The number of carbonyl (C=O) groups is 1. The van der Waals surface area contributed by atoms with Crippen molar-refractivity contribution < 1.29 is 14.6 Å². The van der Waals surface area contributed by atoms with Gasteiger partial charge in [-0.05, 0) is 54.4 Å². The molecular weight excluding hydrogens is 404 g/mol. The van der Waals surface area contributed by atoms with Crippen molar-refractivity contribution in [3.63, 3.8) is 0 Å². The van der Waals surface area contributed by atoms with Crippen molar-refractivity contribution in [2.24, 2.45) is 0 Å². The second-order valence-corrected chi connectivity index (χ2v) is 8.89. The predicted octanol–water partition coefficient (Wildman–Crippen LogP) is 2.08. The lowest BCUT2D eigenvalue weighted by molar-refractivity contribution is 0.0852. The number of aromatic nitrogens is 2. The number of carbonyl (C=O) groups excluding carboxylic acids is 1. The molecule has 1 saturated heterocycles. The highest BCUT2D eigenvalue weighted by molar-refractivity contribution is 5.92. The number of aliphatic hydroxyl groups excluding tert-OH is 1. The third kappa shape index (κ3) is 4.70. The molecule has 2 aromatic heterocycles. The van der Waals surface area contributed by atoms with Gasteiger partial charge >= 0.3 is 0 Å². The van der Waals surface area contributed by atoms with E-state index in [4.69, 9.17) is 4.74 Å². The summed E-state index contributed by atoms with van der Waals surface area (Å²) in [6.07, 6.45) is 7.17. The highest BCUT2D eigenvalue weighted by Crippen LogP contribution is 2.27. The van der Waals surface area contributed by atoms with Crippen molar-refractivity contribution in [3.8, 4) is 0 Å². The van der Waals surface area contributed by atoms with Crippen molar-refractivity contribution in [1.82, 2.24) is 20.0 Å². The minimum atomic E-state index is -0.653. The van der Waals surface area contributed by atoms with Gasteiger partial charge in [-0.25, -0.2) is 4.98 Å². The van der Waals surface area contributed by atoms with Gasteiger partial charge in [0.2, 0.25) is 0 Å². The Labute approximate surface area is 187 Å². The Bertz CT molecular complexity index is 1060. The molecule has 1 aliphatic heterocycles. The maximum absolute atomic E-state index is 12.6. The van der Waals surface area contributed by atoms with Gasteiger partial charge in [0.25, 0.3) is 5.91 Å². The first-order valence-corrected chi connectivity index (χ1v) is 11.5. The maximum Gasteiger partial charge on any atom is 0.271 e. The predicted molar refractivity (Wildman–Crippen MR) is 122 cm³/mol. The molecule has 1 aromatic carbocycles. The largest absolute Gasteiger partial charge is 0.390 e. The summed E-state index contributed by atoms with van der Waals surface area (Å²) in [5.74, 6) is 0.219. The number of hydrogen-bond donors (Lipinski definition) is 3. The Balaban J connectivity index is 1.12. The molecule has 1 atom stereocenters. The molecule has 2 aliphatic rings. The topological polar surface area (TPSA) is 87.9 Å².